The average Bonchev–Trinajstić information content (AvgIpc) is 2.33. The summed E-state index contributed by atoms with van der Waals surface area (Å²) in [6, 6.07) is 6.39. The predicted molar refractivity (Wildman–Crippen MR) is 77.8 cm³/mol. The fourth-order valence-corrected chi connectivity index (χ4v) is 2.36. The van der Waals surface area contributed by atoms with Gasteiger partial charge in [0, 0.05) is 5.92 Å². The summed E-state index contributed by atoms with van der Waals surface area (Å²) in [6.45, 7) is 0.882. The first-order valence-corrected chi connectivity index (χ1v) is 7.27. The molecule has 0 bridgehead atoms. The summed E-state index contributed by atoms with van der Waals surface area (Å²) in [4.78, 5) is 14.2. The van der Waals surface area contributed by atoms with Crippen molar-refractivity contribution in [2.75, 3.05) is 20.6 Å². The molecular weight excluding hydrogens is 255 g/mol. The molecule has 2 rings (SSSR count). The molecule has 0 saturated heterocycles. The van der Waals surface area contributed by atoms with Crippen LogP contribution in [0.25, 0.3) is 0 Å². The normalized spacial score (nSPS) is 16.8. The van der Waals surface area contributed by atoms with Crippen LogP contribution >= 0.6 is 0 Å². The molecule has 20 heavy (non-hydrogen) atoms. The van der Waals surface area contributed by atoms with Gasteiger partial charge in [-0.25, -0.2) is 4.39 Å². The maximum atomic E-state index is 13.0. The van der Waals surface area contributed by atoms with E-state index in [-0.39, 0.29) is 23.7 Å². The zero-order valence-corrected chi connectivity index (χ0v) is 12.2. The summed E-state index contributed by atoms with van der Waals surface area (Å²) in [6.07, 6.45) is 3.97. The van der Waals surface area contributed by atoms with E-state index in [0.717, 1.165) is 37.8 Å². The Morgan fingerprint density at radius 3 is 2.50 bits per heavy atom. The molecule has 1 aliphatic carbocycles. The molecule has 1 aliphatic rings. The van der Waals surface area contributed by atoms with Crippen LogP contribution in [0.3, 0.4) is 0 Å². The van der Waals surface area contributed by atoms with Gasteiger partial charge in [0.2, 0.25) is 5.91 Å². The summed E-state index contributed by atoms with van der Waals surface area (Å²) in [5.74, 6) is 0.0760. The van der Waals surface area contributed by atoms with E-state index in [1.54, 1.807) is 12.1 Å². The predicted octanol–water partition coefficient (Wildman–Crippen LogP) is 2.73. The molecule has 1 fully saturated rings. The lowest BCUT2D eigenvalue weighted by Crippen LogP contribution is -2.37. The second-order valence-electron chi connectivity index (χ2n) is 5.83. The van der Waals surface area contributed by atoms with E-state index in [4.69, 9.17) is 0 Å². The molecule has 0 heterocycles. The van der Waals surface area contributed by atoms with Crippen LogP contribution in [0.1, 0.15) is 37.3 Å². The summed E-state index contributed by atoms with van der Waals surface area (Å²) < 4.78 is 13.0. The number of carbonyl (C=O) groups excluding carboxylic acids is 1. The van der Waals surface area contributed by atoms with Crippen LogP contribution in [-0.4, -0.2) is 31.4 Å². The van der Waals surface area contributed by atoms with Gasteiger partial charge in [0.25, 0.3) is 0 Å². The average molecular weight is 278 g/mol. The minimum absolute atomic E-state index is 0.0360. The summed E-state index contributed by atoms with van der Waals surface area (Å²) >= 11 is 0. The molecule has 1 saturated carbocycles. The first-order chi connectivity index (χ1) is 9.56. The minimum Gasteiger partial charge on any atom is -0.349 e. The molecule has 0 radical (unpaired) electrons. The Morgan fingerprint density at radius 2 is 2.00 bits per heavy atom. The quantitative estimate of drug-likeness (QED) is 0.868. The number of benzene rings is 1. The lowest BCUT2D eigenvalue weighted by Gasteiger charge is -2.28. The number of halogens is 1. The van der Waals surface area contributed by atoms with Crippen molar-refractivity contribution in [3.63, 3.8) is 0 Å². The highest BCUT2D eigenvalue weighted by atomic mass is 19.1. The maximum absolute atomic E-state index is 13.0. The Balaban J connectivity index is 2.02. The van der Waals surface area contributed by atoms with Gasteiger partial charge in [-0.3, -0.25) is 4.79 Å². The molecule has 1 aromatic rings. The van der Waals surface area contributed by atoms with Crippen molar-refractivity contribution in [2.45, 2.75) is 31.7 Å². The molecule has 1 atom stereocenters. The van der Waals surface area contributed by atoms with Crippen molar-refractivity contribution in [1.29, 1.82) is 0 Å². The standard InChI is InChI=1S/C16H23FN2O/c1-19(2)11-10-15(12-6-8-14(17)9-7-12)18-16(20)13-4-3-5-13/h6-9,13,15H,3-5,10-11H2,1-2H3,(H,18,20). The van der Waals surface area contributed by atoms with E-state index in [1.807, 2.05) is 14.1 Å². The highest BCUT2D eigenvalue weighted by Gasteiger charge is 2.27. The fourth-order valence-electron chi connectivity index (χ4n) is 2.36. The van der Waals surface area contributed by atoms with Crippen molar-refractivity contribution in [2.24, 2.45) is 5.92 Å². The van der Waals surface area contributed by atoms with Crippen LogP contribution < -0.4 is 5.32 Å². The van der Waals surface area contributed by atoms with Crippen molar-refractivity contribution in [3.05, 3.63) is 35.6 Å². The number of carbonyl (C=O) groups is 1. The molecule has 0 aromatic heterocycles. The van der Waals surface area contributed by atoms with Crippen LogP contribution in [0, 0.1) is 11.7 Å². The van der Waals surface area contributed by atoms with Crippen LogP contribution in [0.15, 0.2) is 24.3 Å². The lowest BCUT2D eigenvalue weighted by molar-refractivity contribution is -0.128. The van der Waals surface area contributed by atoms with Crippen molar-refractivity contribution >= 4 is 5.91 Å². The Labute approximate surface area is 120 Å². The van der Waals surface area contributed by atoms with Gasteiger partial charge in [-0.05, 0) is 57.6 Å². The van der Waals surface area contributed by atoms with E-state index >= 15 is 0 Å². The van der Waals surface area contributed by atoms with Gasteiger partial charge >= 0.3 is 0 Å². The number of nitrogens with one attached hydrogen (secondary N) is 1. The second kappa shape index (κ2) is 6.84. The van der Waals surface area contributed by atoms with Gasteiger partial charge in [0.1, 0.15) is 5.82 Å². The van der Waals surface area contributed by atoms with Gasteiger partial charge in [-0.1, -0.05) is 18.6 Å². The molecule has 1 N–H and O–H groups in total. The highest BCUT2D eigenvalue weighted by molar-refractivity contribution is 5.79. The second-order valence-corrected chi connectivity index (χ2v) is 5.83. The maximum Gasteiger partial charge on any atom is 0.223 e. The largest absolute Gasteiger partial charge is 0.349 e. The summed E-state index contributed by atoms with van der Waals surface area (Å²) in [5, 5.41) is 3.12. The third-order valence-electron chi connectivity index (χ3n) is 3.93. The topological polar surface area (TPSA) is 32.3 Å². The zero-order valence-electron chi connectivity index (χ0n) is 12.2. The van der Waals surface area contributed by atoms with Crippen molar-refractivity contribution < 1.29 is 9.18 Å². The number of nitrogens with zero attached hydrogens (tertiary/aromatic N) is 1. The fraction of sp³-hybridized carbons (Fsp3) is 0.562. The third-order valence-corrected chi connectivity index (χ3v) is 3.93. The van der Waals surface area contributed by atoms with Gasteiger partial charge < -0.3 is 10.2 Å². The van der Waals surface area contributed by atoms with E-state index in [2.05, 4.69) is 10.2 Å². The number of hydrogen-bond acceptors (Lipinski definition) is 2. The molecule has 4 heteroatoms. The first-order valence-electron chi connectivity index (χ1n) is 7.27. The lowest BCUT2D eigenvalue weighted by atomic mass is 9.84. The molecule has 0 spiro atoms. The smallest absolute Gasteiger partial charge is 0.223 e. The van der Waals surface area contributed by atoms with Crippen LogP contribution in [-0.2, 0) is 4.79 Å². The SMILES string of the molecule is CN(C)CCC(NC(=O)C1CCC1)c1ccc(F)cc1. The summed E-state index contributed by atoms with van der Waals surface area (Å²) in [7, 11) is 4.02. The van der Waals surface area contributed by atoms with Crippen LogP contribution in [0.4, 0.5) is 4.39 Å². The zero-order chi connectivity index (χ0) is 14.5. The molecule has 1 aromatic carbocycles. The van der Waals surface area contributed by atoms with Crippen LogP contribution in [0.2, 0.25) is 0 Å². The van der Waals surface area contributed by atoms with E-state index < -0.39 is 0 Å². The Hall–Kier alpha value is -1.42. The van der Waals surface area contributed by atoms with Gasteiger partial charge in [0.15, 0.2) is 0 Å². The number of hydrogen-bond donors (Lipinski definition) is 1. The highest BCUT2D eigenvalue weighted by Crippen LogP contribution is 2.28. The van der Waals surface area contributed by atoms with Crippen molar-refractivity contribution in [3.8, 4) is 0 Å². The minimum atomic E-state index is -0.245. The van der Waals surface area contributed by atoms with Gasteiger partial charge in [-0.2, -0.15) is 0 Å². The van der Waals surface area contributed by atoms with E-state index in [0.29, 0.717) is 0 Å². The van der Waals surface area contributed by atoms with Gasteiger partial charge in [-0.15, -0.1) is 0 Å². The Kier molecular flexibility index (Phi) is 5.12. The van der Waals surface area contributed by atoms with Crippen LogP contribution in [0.5, 0.6) is 0 Å². The van der Waals surface area contributed by atoms with E-state index in [1.165, 1.54) is 12.1 Å². The Bertz CT molecular complexity index is 440. The van der Waals surface area contributed by atoms with Gasteiger partial charge in [0.05, 0.1) is 6.04 Å². The third kappa shape index (κ3) is 4.04. The molecule has 1 amide bonds. The monoisotopic (exact) mass is 278 g/mol. The summed E-state index contributed by atoms with van der Waals surface area (Å²) in [5.41, 5.74) is 0.973. The van der Waals surface area contributed by atoms with E-state index in [9.17, 15) is 9.18 Å². The van der Waals surface area contributed by atoms with Crippen molar-refractivity contribution in [1.82, 2.24) is 10.2 Å². The molecule has 0 aliphatic heterocycles. The molecule has 110 valence electrons. The molecule has 3 nitrogen and oxygen atoms in total. The first kappa shape index (κ1) is 15.0. The number of rotatable bonds is 6. The Morgan fingerprint density at radius 1 is 1.35 bits per heavy atom. The molecular formula is C16H23FN2O. The molecule has 1 unspecified atom stereocenters. The number of amides is 1.